The molecule has 8 heteroatoms. The Balaban J connectivity index is 0.00000161. The van der Waals surface area contributed by atoms with Crippen LogP contribution in [0.4, 0.5) is 4.39 Å². The molecule has 1 aromatic carbocycles. The summed E-state index contributed by atoms with van der Waals surface area (Å²) in [4.78, 5) is 0.0878. The molecule has 118 valence electrons. The molecule has 2 heterocycles. The van der Waals surface area contributed by atoms with Crippen LogP contribution in [0.1, 0.15) is 25.7 Å². The van der Waals surface area contributed by atoms with Gasteiger partial charge in [-0.1, -0.05) is 0 Å². The zero-order valence-electron chi connectivity index (χ0n) is 11.2. The highest BCUT2D eigenvalue weighted by Crippen LogP contribution is 2.29. The van der Waals surface area contributed by atoms with Crippen molar-refractivity contribution in [1.82, 2.24) is 10.0 Å². The van der Waals surface area contributed by atoms with Gasteiger partial charge in [0.25, 0.3) is 0 Å². The molecule has 2 aliphatic heterocycles. The Hall–Kier alpha value is -0.210. The van der Waals surface area contributed by atoms with Crippen molar-refractivity contribution in [2.75, 3.05) is 0 Å². The molecule has 0 radical (unpaired) electrons. The first kappa shape index (κ1) is 17.1. The summed E-state index contributed by atoms with van der Waals surface area (Å²) in [7, 11) is -3.62. The predicted octanol–water partition coefficient (Wildman–Crippen LogP) is 2.57. The van der Waals surface area contributed by atoms with Gasteiger partial charge in [0.2, 0.25) is 10.0 Å². The average Bonchev–Trinajstić information content (AvgIpc) is 2.67. The summed E-state index contributed by atoms with van der Waals surface area (Å²) >= 11 is 3.11. The Bertz CT molecular complexity index is 617. The number of nitrogens with one attached hydrogen (secondary N) is 2. The molecule has 0 spiro atoms. The topological polar surface area (TPSA) is 58.2 Å². The molecule has 2 N–H and O–H groups in total. The zero-order chi connectivity index (χ0) is 14.3. The average molecular weight is 400 g/mol. The Morgan fingerprint density at radius 2 is 1.86 bits per heavy atom. The maximum Gasteiger partial charge on any atom is 0.241 e. The van der Waals surface area contributed by atoms with Crippen molar-refractivity contribution in [3.8, 4) is 0 Å². The lowest BCUT2D eigenvalue weighted by atomic mass is 10.0. The molecule has 3 rings (SSSR count). The van der Waals surface area contributed by atoms with Crippen LogP contribution in [0, 0.1) is 5.82 Å². The number of benzene rings is 1. The Morgan fingerprint density at radius 3 is 2.43 bits per heavy atom. The number of hydrogen-bond acceptors (Lipinski definition) is 3. The molecule has 2 atom stereocenters. The normalized spacial score (nSPS) is 28.2. The van der Waals surface area contributed by atoms with E-state index in [9.17, 15) is 12.8 Å². The smallest absolute Gasteiger partial charge is 0.241 e. The van der Waals surface area contributed by atoms with Gasteiger partial charge in [0, 0.05) is 22.6 Å². The minimum absolute atomic E-state index is 0. The van der Waals surface area contributed by atoms with Crippen LogP contribution in [0.5, 0.6) is 0 Å². The van der Waals surface area contributed by atoms with Crippen LogP contribution < -0.4 is 10.0 Å². The number of halogens is 3. The summed E-state index contributed by atoms with van der Waals surface area (Å²) in [6, 6.07) is 4.40. The lowest BCUT2D eigenvalue weighted by Crippen LogP contribution is -2.47. The van der Waals surface area contributed by atoms with Crippen LogP contribution in [-0.4, -0.2) is 26.5 Å². The first-order valence-electron chi connectivity index (χ1n) is 6.67. The van der Waals surface area contributed by atoms with E-state index in [1.165, 1.54) is 12.1 Å². The highest BCUT2D eigenvalue weighted by atomic mass is 79.9. The molecular weight excluding hydrogens is 383 g/mol. The fraction of sp³-hybridized carbons (Fsp3) is 0.538. The van der Waals surface area contributed by atoms with Crippen LogP contribution >= 0.6 is 28.3 Å². The minimum Gasteiger partial charge on any atom is -0.311 e. The van der Waals surface area contributed by atoms with E-state index in [4.69, 9.17) is 0 Å². The molecule has 1 aromatic rings. The maximum atomic E-state index is 13.1. The molecule has 2 fully saturated rings. The van der Waals surface area contributed by atoms with Crippen LogP contribution in [0.3, 0.4) is 0 Å². The minimum atomic E-state index is -3.62. The SMILES string of the molecule is Cl.O=S(=O)(NC1CC2CCC(C1)N2)c1ccc(F)cc1Br. The predicted molar refractivity (Wildman–Crippen MR) is 84.6 cm³/mol. The van der Waals surface area contributed by atoms with Gasteiger partial charge >= 0.3 is 0 Å². The number of rotatable bonds is 3. The van der Waals surface area contributed by atoms with Gasteiger partial charge in [0.1, 0.15) is 5.82 Å². The standard InChI is InChI=1S/C13H16BrFN2O2S.ClH/c14-12-5-8(15)1-4-13(12)20(18,19)17-11-6-9-2-3-10(7-11)16-9;/h1,4-5,9-11,16-17H,2-3,6-7H2;1H. The van der Waals surface area contributed by atoms with Gasteiger partial charge in [-0.2, -0.15) is 0 Å². The Labute approximate surface area is 138 Å². The number of hydrogen-bond donors (Lipinski definition) is 2. The molecule has 2 aliphatic rings. The third-order valence-corrected chi connectivity index (χ3v) is 6.48. The van der Waals surface area contributed by atoms with E-state index in [1.807, 2.05) is 0 Å². The molecule has 0 saturated carbocycles. The van der Waals surface area contributed by atoms with Crippen molar-refractivity contribution >= 4 is 38.4 Å². The lowest BCUT2D eigenvalue weighted by Gasteiger charge is -2.29. The van der Waals surface area contributed by atoms with Crippen molar-refractivity contribution in [2.24, 2.45) is 0 Å². The molecule has 2 unspecified atom stereocenters. The summed E-state index contributed by atoms with van der Waals surface area (Å²) < 4.78 is 40.8. The maximum absolute atomic E-state index is 13.1. The molecular formula is C13H17BrClFN2O2S. The van der Waals surface area contributed by atoms with E-state index < -0.39 is 15.8 Å². The van der Waals surface area contributed by atoms with Crippen LogP contribution in [0.25, 0.3) is 0 Å². The monoisotopic (exact) mass is 398 g/mol. The first-order valence-corrected chi connectivity index (χ1v) is 8.95. The highest BCUT2D eigenvalue weighted by molar-refractivity contribution is 9.10. The van der Waals surface area contributed by atoms with Gasteiger partial charge in [-0.05, 0) is 59.8 Å². The zero-order valence-corrected chi connectivity index (χ0v) is 14.4. The summed E-state index contributed by atoms with van der Waals surface area (Å²) in [5.41, 5.74) is 0. The second kappa shape index (κ2) is 6.50. The third kappa shape index (κ3) is 3.76. The second-order valence-electron chi connectivity index (χ2n) is 5.50. The van der Waals surface area contributed by atoms with Crippen LogP contribution in [0.15, 0.2) is 27.6 Å². The molecule has 0 amide bonds. The second-order valence-corrected chi connectivity index (χ2v) is 8.04. The van der Waals surface area contributed by atoms with E-state index in [-0.39, 0.29) is 27.8 Å². The first-order chi connectivity index (χ1) is 9.44. The number of sulfonamides is 1. The highest BCUT2D eigenvalue weighted by Gasteiger charge is 2.35. The summed E-state index contributed by atoms with van der Waals surface area (Å²) in [6.07, 6.45) is 3.86. The van der Waals surface area contributed by atoms with Gasteiger partial charge < -0.3 is 5.32 Å². The summed E-state index contributed by atoms with van der Waals surface area (Å²) in [5.74, 6) is -0.462. The van der Waals surface area contributed by atoms with Gasteiger partial charge in [0.15, 0.2) is 0 Å². The van der Waals surface area contributed by atoms with Crippen molar-refractivity contribution in [2.45, 2.75) is 48.7 Å². The van der Waals surface area contributed by atoms with Crippen molar-refractivity contribution in [3.63, 3.8) is 0 Å². The molecule has 2 saturated heterocycles. The van der Waals surface area contributed by atoms with Gasteiger partial charge in [-0.25, -0.2) is 17.5 Å². The van der Waals surface area contributed by atoms with Crippen molar-refractivity contribution in [3.05, 3.63) is 28.5 Å². The van der Waals surface area contributed by atoms with E-state index in [2.05, 4.69) is 26.0 Å². The molecule has 0 aromatic heterocycles. The fourth-order valence-corrected chi connectivity index (χ4v) is 5.44. The quantitative estimate of drug-likeness (QED) is 0.821. The summed E-state index contributed by atoms with van der Waals surface area (Å²) in [6.45, 7) is 0. The van der Waals surface area contributed by atoms with Crippen LogP contribution in [0.2, 0.25) is 0 Å². The van der Waals surface area contributed by atoms with E-state index in [0.717, 1.165) is 31.7 Å². The number of fused-ring (bicyclic) bond motifs is 2. The van der Waals surface area contributed by atoms with Gasteiger partial charge in [-0.3, -0.25) is 0 Å². The fourth-order valence-electron chi connectivity index (χ4n) is 3.13. The lowest BCUT2D eigenvalue weighted by molar-refractivity contribution is 0.345. The van der Waals surface area contributed by atoms with E-state index >= 15 is 0 Å². The number of piperidine rings is 1. The molecule has 0 aliphatic carbocycles. The van der Waals surface area contributed by atoms with Gasteiger partial charge in [0.05, 0.1) is 4.90 Å². The van der Waals surface area contributed by atoms with Crippen LogP contribution in [-0.2, 0) is 10.0 Å². The van der Waals surface area contributed by atoms with E-state index in [1.54, 1.807) is 0 Å². The van der Waals surface area contributed by atoms with E-state index in [0.29, 0.717) is 12.1 Å². The van der Waals surface area contributed by atoms with Crippen molar-refractivity contribution in [1.29, 1.82) is 0 Å². The Morgan fingerprint density at radius 1 is 1.24 bits per heavy atom. The molecule has 2 bridgehead atoms. The Kier molecular flexibility index (Phi) is 5.31. The third-order valence-electron chi connectivity index (χ3n) is 3.98. The van der Waals surface area contributed by atoms with Gasteiger partial charge in [-0.15, -0.1) is 12.4 Å². The molecule has 4 nitrogen and oxygen atoms in total. The summed E-state index contributed by atoms with van der Waals surface area (Å²) in [5, 5.41) is 3.47. The largest absolute Gasteiger partial charge is 0.311 e. The molecule has 21 heavy (non-hydrogen) atoms. The van der Waals surface area contributed by atoms with Crippen molar-refractivity contribution < 1.29 is 12.8 Å².